The Kier molecular flexibility index (Phi) is 4.88. The first-order chi connectivity index (χ1) is 12.2. The molecule has 1 aromatic rings. The molecule has 136 valence electrons. The Morgan fingerprint density at radius 2 is 1.96 bits per heavy atom. The molecule has 3 fully saturated rings. The van der Waals surface area contributed by atoms with Gasteiger partial charge in [-0.15, -0.1) is 0 Å². The van der Waals surface area contributed by atoms with E-state index in [1.807, 2.05) is 6.92 Å². The van der Waals surface area contributed by atoms with Gasteiger partial charge in [-0.25, -0.2) is 9.97 Å². The van der Waals surface area contributed by atoms with Gasteiger partial charge in [0, 0.05) is 37.7 Å². The van der Waals surface area contributed by atoms with E-state index in [0.29, 0.717) is 18.5 Å². The minimum Gasteiger partial charge on any atom is -0.357 e. The predicted molar refractivity (Wildman–Crippen MR) is 97.8 cm³/mol. The molecule has 1 aliphatic carbocycles. The number of anilines is 1. The van der Waals surface area contributed by atoms with Crippen LogP contribution in [-0.4, -0.2) is 59.5 Å². The zero-order valence-corrected chi connectivity index (χ0v) is 15.2. The Morgan fingerprint density at radius 1 is 1.16 bits per heavy atom. The summed E-state index contributed by atoms with van der Waals surface area (Å²) in [7, 11) is 0. The summed E-state index contributed by atoms with van der Waals surface area (Å²) >= 11 is 0. The molecule has 2 saturated heterocycles. The number of piperidine rings is 1. The summed E-state index contributed by atoms with van der Waals surface area (Å²) in [6, 6.07) is 2.64. The van der Waals surface area contributed by atoms with Crippen molar-refractivity contribution in [1.82, 2.24) is 20.2 Å². The zero-order chi connectivity index (χ0) is 17.2. The predicted octanol–water partition coefficient (Wildman–Crippen LogP) is 1.84. The van der Waals surface area contributed by atoms with E-state index in [1.165, 1.54) is 12.8 Å². The Balaban J connectivity index is 1.42. The summed E-state index contributed by atoms with van der Waals surface area (Å²) in [5, 5.41) is 3.10. The van der Waals surface area contributed by atoms with Gasteiger partial charge in [-0.2, -0.15) is 0 Å². The third-order valence-electron chi connectivity index (χ3n) is 5.51. The van der Waals surface area contributed by atoms with E-state index in [4.69, 9.17) is 4.98 Å². The Morgan fingerprint density at radius 3 is 2.72 bits per heavy atom. The molecule has 0 spiro atoms. The maximum atomic E-state index is 12.1. The van der Waals surface area contributed by atoms with Crippen molar-refractivity contribution in [2.45, 2.75) is 57.4 Å². The summed E-state index contributed by atoms with van der Waals surface area (Å²) in [6.45, 7) is 6.66. The standard InChI is InChI=1S/C19H29N5O/c1-14-20-17(11-18(21-14)24-9-2-3-10-24)15-5-4-8-23(12-15)13-19(25)22-16-6-7-16/h11,15-16H,2-10,12-13H2,1H3,(H,22,25). The average Bonchev–Trinajstić information content (AvgIpc) is 3.23. The van der Waals surface area contributed by atoms with E-state index in [1.54, 1.807) is 0 Å². The normalized spacial score (nSPS) is 24.5. The first-order valence-electron chi connectivity index (χ1n) is 9.79. The number of rotatable bonds is 5. The summed E-state index contributed by atoms with van der Waals surface area (Å²) in [5.41, 5.74) is 1.15. The molecule has 3 heterocycles. The van der Waals surface area contributed by atoms with Crippen LogP contribution in [0.2, 0.25) is 0 Å². The van der Waals surface area contributed by atoms with Gasteiger partial charge in [0.2, 0.25) is 5.91 Å². The number of likely N-dealkylation sites (tertiary alicyclic amines) is 1. The van der Waals surface area contributed by atoms with E-state index in [2.05, 4.69) is 26.2 Å². The van der Waals surface area contributed by atoms with E-state index < -0.39 is 0 Å². The smallest absolute Gasteiger partial charge is 0.234 e. The summed E-state index contributed by atoms with van der Waals surface area (Å²) < 4.78 is 0. The monoisotopic (exact) mass is 343 g/mol. The molecule has 0 aromatic carbocycles. The van der Waals surface area contributed by atoms with Crippen molar-refractivity contribution in [3.8, 4) is 0 Å². The highest BCUT2D eigenvalue weighted by molar-refractivity contribution is 5.78. The van der Waals surface area contributed by atoms with Crippen LogP contribution < -0.4 is 10.2 Å². The van der Waals surface area contributed by atoms with Crippen molar-refractivity contribution >= 4 is 11.7 Å². The summed E-state index contributed by atoms with van der Waals surface area (Å²) in [5.74, 6) is 2.54. The van der Waals surface area contributed by atoms with Gasteiger partial charge in [0.15, 0.2) is 0 Å². The van der Waals surface area contributed by atoms with E-state index >= 15 is 0 Å². The molecule has 0 radical (unpaired) electrons. The van der Waals surface area contributed by atoms with Crippen molar-refractivity contribution in [3.05, 3.63) is 17.6 Å². The lowest BCUT2D eigenvalue weighted by molar-refractivity contribution is -0.122. The Bertz CT molecular complexity index is 624. The van der Waals surface area contributed by atoms with Crippen LogP contribution in [0.25, 0.3) is 0 Å². The van der Waals surface area contributed by atoms with Gasteiger partial charge in [0.1, 0.15) is 11.6 Å². The molecule has 6 nitrogen and oxygen atoms in total. The molecule has 1 amide bonds. The summed E-state index contributed by atoms with van der Waals surface area (Å²) in [6.07, 6.45) is 7.08. The molecular weight excluding hydrogens is 314 g/mol. The third kappa shape index (κ3) is 4.29. The van der Waals surface area contributed by atoms with E-state index in [0.717, 1.165) is 69.2 Å². The van der Waals surface area contributed by atoms with Crippen LogP contribution in [0.15, 0.2) is 6.07 Å². The molecule has 1 saturated carbocycles. The number of hydrogen-bond acceptors (Lipinski definition) is 5. The topological polar surface area (TPSA) is 61.4 Å². The molecule has 4 rings (SSSR count). The maximum Gasteiger partial charge on any atom is 0.234 e. The van der Waals surface area contributed by atoms with Gasteiger partial charge in [-0.05, 0) is 52.0 Å². The largest absolute Gasteiger partial charge is 0.357 e. The highest BCUT2D eigenvalue weighted by atomic mass is 16.2. The minimum atomic E-state index is 0.180. The maximum absolute atomic E-state index is 12.1. The molecule has 1 N–H and O–H groups in total. The molecule has 25 heavy (non-hydrogen) atoms. The van der Waals surface area contributed by atoms with Crippen molar-refractivity contribution in [2.75, 3.05) is 37.6 Å². The van der Waals surface area contributed by atoms with Gasteiger partial charge in [-0.1, -0.05) is 0 Å². The molecule has 6 heteroatoms. The third-order valence-corrected chi connectivity index (χ3v) is 5.51. The second-order valence-corrected chi connectivity index (χ2v) is 7.81. The van der Waals surface area contributed by atoms with Crippen LogP contribution in [0.4, 0.5) is 5.82 Å². The molecule has 1 aromatic heterocycles. The first kappa shape index (κ1) is 16.8. The van der Waals surface area contributed by atoms with E-state index in [-0.39, 0.29) is 5.91 Å². The van der Waals surface area contributed by atoms with Crippen molar-refractivity contribution in [1.29, 1.82) is 0 Å². The molecular formula is C19H29N5O. The molecule has 1 unspecified atom stereocenters. The van der Waals surface area contributed by atoms with Crippen molar-refractivity contribution in [3.63, 3.8) is 0 Å². The van der Waals surface area contributed by atoms with E-state index in [9.17, 15) is 4.79 Å². The number of nitrogens with one attached hydrogen (secondary N) is 1. The number of carbonyl (C=O) groups is 1. The van der Waals surface area contributed by atoms with Crippen molar-refractivity contribution < 1.29 is 4.79 Å². The van der Waals surface area contributed by atoms with Gasteiger partial charge >= 0.3 is 0 Å². The van der Waals surface area contributed by atoms with Crippen LogP contribution in [-0.2, 0) is 4.79 Å². The quantitative estimate of drug-likeness (QED) is 0.884. The lowest BCUT2D eigenvalue weighted by Crippen LogP contribution is -2.42. The second-order valence-electron chi connectivity index (χ2n) is 7.81. The summed E-state index contributed by atoms with van der Waals surface area (Å²) in [4.78, 5) is 26.2. The number of nitrogens with zero attached hydrogens (tertiary/aromatic N) is 4. The van der Waals surface area contributed by atoms with Crippen LogP contribution in [0, 0.1) is 6.92 Å². The van der Waals surface area contributed by atoms with Crippen LogP contribution in [0.3, 0.4) is 0 Å². The highest BCUT2D eigenvalue weighted by Gasteiger charge is 2.28. The second kappa shape index (κ2) is 7.28. The fraction of sp³-hybridized carbons (Fsp3) is 0.737. The molecule has 1 atom stereocenters. The number of hydrogen-bond donors (Lipinski definition) is 1. The minimum absolute atomic E-state index is 0.180. The van der Waals surface area contributed by atoms with Crippen LogP contribution in [0.1, 0.15) is 56.0 Å². The Labute approximate surface area is 150 Å². The molecule has 0 bridgehead atoms. The van der Waals surface area contributed by atoms with Gasteiger partial charge < -0.3 is 10.2 Å². The van der Waals surface area contributed by atoms with Crippen LogP contribution >= 0.6 is 0 Å². The fourth-order valence-corrected chi connectivity index (χ4v) is 4.04. The molecule has 2 aliphatic heterocycles. The number of carbonyl (C=O) groups excluding carboxylic acids is 1. The van der Waals surface area contributed by atoms with Gasteiger partial charge in [-0.3, -0.25) is 9.69 Å². The molecule has 3 aliphatic rings. The first-order valence-corrected chi connectivity index (χ1v) is 9.79. The van der Waals surface area contributed by atoms with Gasteiger partial charge in [0.25, 0.3) is 0 Å². The lowest BCUT2D eigenvalue weighted by atomic mass is 9.94. The number of amides is 1. The fourth-order valence-electron chi connectivity index (χ4n) is 4.04. The average molecular weight is 343 g/mol. The Hall–Kier alpha value is -1.69. The van der Waals surface area contributed by atoms with Crippen molar-refractivity contribution in [2.24, 2.45) is 0 Å². The SMILES string of the molecule is Cc1nc(C2CCCN(CC(=O)NC3CC3)C2)cc(N2CCCC2)n1. The number of aromatic nitrogens is 2. The zero-order valence-electron chi connectivity index (χ0n) is 15.2. The van der Waals surface area contributed by atoms with Crippen LogP contribution in [0.5, 0.6) is 0 Å². The highest BCUT2D eigenvalue weighted by Crippen LogP contribution is 2.28. The lowest BCUT2D eigenvalue weighted by Gasteiger charge is -2.32. The number of aryl methyl sites for hydroxylation is 1. The van der Waals surface area contributed by atoms with Gasteiger partial charge in [0.05, 0.1) is 12.2 Å².